The molecule has 1 amide bonds. The van der Waals surface area contributed by atoms with Gasteiger partial charge in [-0.3, -0.25) is 4.98 Å². The number of aldehydes is 1. The molecule has 0 radical (unpaired) electrons. The second-order valence-corrected chi connectivity index (χ2v) is 5.06. The molecular formula is C13H18N2O3. The molecule has 18 heavy (non-hydrogen) atoms. The molecule has 0 bridgehead atoms. The zero-order valence-electron chi connectivity index (χ0n) is 11.1. The minimum absolute atomic E-state index is 0.595. The molecule has 5 heteroatoms. The van der Waals surface area contributed by atoms with Gasteiger partial charge in [0.25, 0.3) is 0 Å². The minimum atomic E-state index is -0.743. The topological polar surface area (TPSA) is 68.3 Å². The second kappa shape index (κ2) is 5.62. The van der Waals surface area contributed by atoms with Crippen LogP contribution in [0.25, 0.3) is 0 Å². The maximum absolute atomic E-state index is 11.6. The maximum atomic E-state index is 11.6. The van der Waals surface area contributed by atoms with Crippen LogP contribution in [0.3, 0.4) is 0 Å². The molecule has 0 aliphatic rings. The Hall–Kier alpha value is -1.91. The van der Waals surface area contributed by atoms with E-state index >= 15 is 0 Å². The van der Waals surface area contributed by atoms with Gasteiger partial charge in [0.2, 0.25) is 0 Å². The van der Waals surface area contributed by atoms with Crippen LogP contribution in [0.1, 0.15) is 37.9 Å². The largest absolute Gasteiger partial charge is 0.444 e. The molecule has 1 aromatic heterocycles. The van der Waals surface area contributed by atoms with Gasteiger partial charge in [0.05, 0.1) is 0 Å². The summed E-state index contributed by atoms with van der Waals surface area (Å²) in [6.07, 6.45) is 3.25. The molecule has 0 aromatic carbocycles. The van der Waals surface area contributed by atoms with E-state index in [4.69, 9.17) is 4.74 Å². The van der Waals surface area contributed by atoms with Crippen LogP contribution in [0.2, 0.25) is 0 Å². The zero-order chi connectivity index (χ0) is 13.8. The van der Waals surface area contributed by atoms with Crippen LogP contribution in [-0.4, -0.2) is 23.0 Å². The Kier molecular flexibility index (Phi) is 4.42. The van der Waals surface area contributed by atoms with Crippen molar-refractivity contribution >= 4 is 12.4 Å². The number of aromatic nitrogens is 1. The van der Waals surface area contributed by atoms with Crippen molar-refractivity contribution in [2.45, 2.75) is 39.3 Å². The third kappa shape index (κ3) is 4.53. The number of hydrogen-bond donors (Lipinski definition) is 1. The van der Waals surface area contributed by atoms with E-state index < -0.39 is 17.7 Å². The lowest BCUT2D eigenvalue weighted by Gasteiger charge is -2.21. The van der Waals surface area contributed by atoms with Crippen molar-refractivity contribution in [3.63, 3.8) is 0 Å². The monoisotopic (exact) mass is 250 g/mol. The predicted molar refractivity (Wildman–Crippen MR) is 67.1 cm³/mol. The second-order valence-electron chi connectivity index (χ2n) is 5.06. The van der Waals surface area contributed by atoms with Crippen LogP contribution in [0, 0.1) is 6.92 Å². The fourth-order valence-corrected chi connectivity index (χ4v) is 1.38. The number of rotatable bonds is 3. The lowest BCUT2D eigenvalue weighted by Crippen LogP contribution is -2.35. The number of alkyl carbamates (subject to hydrolysis) is 1. The highest BCUT2D eigenvalue weighted by Gasteiger charge is 2.20. The van der Waals surface area contributed by atoms with E-state index in [0.29, 0.717) is 11.8 Å². The number of carbonyl (C=O) groups excluding carboxylic acids is 2. The average molecular weight is 250 g/mol. The van der Waals surface area contributed by atoms with E-state index in [9.17, 15) is 9.59 Å². The molecule has 0 saturated heterocycles. The quantitative estimate of drug-likeness (QED) is 0.835. The minimum Gasteiger partial charge on any atom is -0.444 e. The Morgan fingerprint density at radius 1 is 1.44 bits per heavy atom. The number of pyridine rings is 1. The molecule has 1 aromatic rings. The van der Waals surface area contributed by atoms with Crippen molar-refractivity contribution in [2.24, 2.45) is 0 Å². The summed E-state index contributed by atoms with van der Waals surface area (Å²) in [5.74, 6) is 0. The number of nitrogens with one attached hydrogen (secondary N) is 1. The van der Waals surface area contributed by atoms with E-state index in [-0.39, 0.29) is 0 Å². The number of ether oxygens (including phenoxy) is 1. The van der Waals surface area contributed by atoms with Crippen LogP contribution in [-0.2, 0) is 9.53 Å². The zero-order valence-corrected chi connectivity index (χ0v) is 11.1. The van der Waals surface area contributed by atoms with Crippen LogP contribution >= 0.6 is 0 Å². The third-order valence-corrected chi connectivity index (χ3v) is 2.06. The Morgan fingerprint density at radius 2 is 2.11 bits per heavy atom. The molecule has 5 nitrogen and oxygen atoms in total. The third-order valence-electron chi connectivity index (χ3n) is 2.06. The molecule has 1 atom stereocenters. The van der Waals surface area contributed by atoms with E-state index in [2.05, 4.69) is 10.3 Å². The van der Waals surface area contributed by atoms with E-state index in [1.165, 1.54) is 0 Å². The summed E-state index contributed by atoms with van der Waals surface area (Å²) in [6.45, 7) is 7.15. The van der Waals surface area contributed by atoms with Crippen molar-refractivity contribution in [1.82, 2.24) is 10.3 Å². The normalized spacial score (nSPS) is 12.7. The maximum Gasteiger partial charge on any atom is 0.408 e. The smallest absolute Gasteiger partial charge is 0.408 e. The lowest BCUT2D eigenvalue weighted by atomic mass is 10.1. The van der Waals surface area contributed by atoms with E-state index in [0.717, 1.165) is 5.56 Å². The fraction of sp³-hybridized carbons (Fsp3) is 0.462. The SMILES string of the molecule is Cc1cncc(C(C=O)NC(=O)OC(C)(C)C)c1. The highest BCUT2D eigenvalue weighted by atomic mass is 16.6. The van der Waals surface area contributed by atoms with Crippen molar-refractivity contribution in [3.05, 3.63) is 29.6 Å². The fourth-order valence-electron chi connectivity index (χ4n) is 1.38. The summed E-state index contributed by atoms with van der Waals surface area (Å²) in [5.41, 5.74) is 0.962. The number of aryl methyl sites for hydroxylation is 1. The van der Waals surface area contributed by atoms with Gasteiger partial charge >= 0.3 is 6.09 Å². The van der Waals surface area contributed by atoms with Crippen LogP contribution in [0.15, 0.2) is 18.5 Å². The van der Waals surface area contributed by atoms with E-state index in [1.807, 2.05) is 6.92 Å². The highest BCUT2D eigenvalue weighted by molar-refractivity contribution is 5.74. The molecule has 0 saturated carbocycles. The molecule has 0 fully saturated rings. The van der Waals surface area contributed by atoms with Crippen molar-refractivity contribution in [1.29, 1.82) is 0 Å². The highest BCUT2D eigenvalue weighted by Crippen LogP contribution is 2.13. The first-order chi connectivity index (χ1) is 8.31. The first-order valence-electron chi connectivity index (χ1n) is 5.68. The van der Waals surface area contributed by atoms with Crippen molar-refractivity contribution in [2.75, 3.05) is 0 Å². The standard InChI is InChI=1S/C13H18N2O3/c1-9-5-10(7-14-6-9)11(8-16)15-12(17)18-13(2,3)4/h5-8,11H,1-4H3,(H,15,17). The number of nitrogens with zero attached hydrogens (tertiary/aromatic N) is 1. The summed E-state index contributed by atoms with van der Waals surface area (Å²) in [6, 6.07) is 1.05. The van der Waals surface area contributed by atoms with Crippen LogP contribution in [0.4, 0.5) is 4.79 Å². The number of amides is 1. The Morgan fingerprint density at radius 3 is 2.61 bits per heavy atom. The Bertz CT molecular complexity index is 438. The first kappa shape index (κ1) is 14.2. The van der Waals surface area contributed by atoms with Crippen molar-refractivity contribution < 1.29 is 14.3 Å². The number of hydrogen-bond acceptors (Lipinski definition) is 4. The van der Waals surface area contributed by atoms with Gasteiger partial charge in [0.15, 0.2) is 0 Å². The average Bonchev–Trinajstić information content (AvgIpc) is 2.23. The van der Waals surface area contributed by atoms with Crippen LogP contribution < -0.4 is 5.32 Å². The predicted octanol–water partition coefficient (Wildman–Crippen LogP) is 2.15. The molecule has 1 N–H and O–H groups in total. The summed E-state index contributed by atoms with van der Waals surface area (Å²) in [4.78, 5) is 26.6. The first-order valence-corrected chi connectivity index (χ1v) is 5.68. The molecular weight excluding hydrogens is 232 g/mol. The summed E-state index contributed by atoms with van der Waals surface area (Å²) >= 11 is 0. The molecule has 98 valence electrons. The van der Waals surface area contributed by atoms with Gasteiger partial charge in [0.1, 0.15) is 17.9 Å². The number of carbonyl (C=O) groups is 2. The van der Waals surface area contributed by atoms with Gasteiger partial charge in [-0.25, -0.2) is 4.79 Å². The molecule has 0 aliphatic carbocycles. The van der Waals surface area contributed by atoms with Gasteiger partial charge in [-0.15, -0.1) is 0 Å². The van der Waals surface area contributed by atoms with Gasteiger partial charge in [-0.2, -0.15) is 0 Å². The van der Waals surface area contributed by atoms with Gasteiger partial charge in [-0.05, 0) is 33.3 Å². The van der Waals surface area contributed by atoms with Gasteiger partial charge < -0.3 is 14.8 Å². The molecule has 1 rings (SSSR count). The lowest BCUT2D eigenvalue weighted by molar-refractivity contribution is -0.109. The van der Waals surface area contributed by atoms with Gasteiger partial charge in [-0.1, -0.05) is 6.07 Å². The molecule has 0 spiro atoms. The van der Waals surface area contributed by atoms with E-state index in [1.54, 1.807) is 39.2 Å². The van der Waals surface area contributed by atoms with Gasteiger partial charge in [0, 0.05) is 18.0 Å². The summed E-state index contributed by atoms with van der Waals surface area (Å²) in [7, 11) is 0. The van der Waals surface area contributed by atoms with Crippen molar-refractivity contribution in [3.8, 4) is 0 Å². The molecule has 1 heterocycles. The summed E-state index contributed by atoms with van der Waals surface area (Å²) in [5, 5.41) is 2.50. The molecule has 0 aliphatic heterocycles. The molecule has 1 unspecified atom stereocenters. The van der Waals surface area contributed by atoms with Crippen LogP contribution in [0.5, 0.6) is 0 Å². The Labute approximate surface area is 107 Å². The Balaban J connectivity index is 2.74. The summed E-state index contributed by atoms with van der Waals surface area (Å²) < 4.78 is 5.09.